The molecule has 5 nitrogen and oxygen atoms in total. The molecular weight excluding hydrogens is 242 g/mol. The van der Waals surface area contributed by atoms with Crippen LogP contribution in [-0.2, 0) is 0 Å². The van der Waals surface area contributed by atoms with Gasteiger partial charge < -0.3 is 10.6 Å². The van der Waals surface area contributed by atoms with Crippen LogP contribution in [0, 0.1) is 10.1 Å². The van der Waals surface area contributed by atoms with Gasteiger partial charge in [0.1, 0.15) is 0 Å². The zero-order valence-electron chi connectivity index (χ0n) is 11.5. The Morgan fingerprint density at radius 1 is 1.16 bits per heavy atom. The summed E-state index contributed by atoms with van der Waals surface area (Å²) in [5.74, 6) is 0. The summed E-state index contributed by atoms with van der Waals surface area (Å²) in [5.41, 5.74) is 1.76. The molecule has 1 aromatic rings. The summed E-state index contributed by atoms with van der Waals surface area (Å²) in [4.78, 5) is 10.6. The van der Waals surface area contributed by atoms with Gasteiger partial charge in [-0.15, -0.1) is 0 Å². The molecule has 1 aliphatic carbocycles. The molecule has 0 heterocycles. The Kier molecular flexibility index (Phi) is 3.93. The molecule has 0 spiro atoms. The fraction of sp³-hybridized carbons (Fsp3) is 0.571. The summed E-state index contributed by atoms with van der Waals surface area (Å²) in [5, 5.41) is 17.4. The number of hydrogen-bond acceptors (Lipinski definition) is 4. The van der Waals surface area contributed by atoms with E-state index in [-0.39, 0.29) is 16.1 Å². The summed E-state index contributed by atoms with van der Waals surface area (Å²) >= 11 is 0. The van der Waals surface area contributed by atoms with E-state index >= 15 is 0 Å². The average Bonchev–Trinajstić information content (AvgIpc) is 2.38. The van der Waals surface area contributed by atoms with E-state index in [9.17, 15) is 10.1 Å². The first-order chi connectivity index (χ1) is 9.02. The van der Waals surface area contributed by atoms with Gasteiger partial charge in [-0.25, -0.2) is 0 Å². The predicted molar refractivity (Wildman–Crippen MR) is 77.8 cm³/mol. The first-order valence-electron chi connectivity index (χ1n) is 6.78. The Bertz CT molecular complexity index is 468. The minimum absolute atomic E-state index is 0.0541. The summed E-state index contributed by atoms with van der Waals surface area (Å²) in [6, 6.07) is 5.09. The van der Waals surface area contributed by atoms with Crippen LogP contribution in [-0.4, -0.2) is 17.5 Å². The van der Waals surface area contributed by atoms with E-state index in [0.29, 0.717) is 0 Å². The fourth-order valence-corrected chi connectivity index (χ4v) is 2.74. The van der Waals surface area contributed by atoms with Crippen molar-refractivity contribution in [2.75, 3.05) is 17.7 Å². The Labute approximate surface area is 113 Å². The monoisotopic (exact) mass is 263 g/mol. The average molecular weight is 263 g/mol. The zero-order valence-corrected chi connectivity index (χ0v) is 11.5. The molecule has 0 unspecified atom stereocenters. The molecule has 1 aliphatic rings. The van der Waals surface area contributed by atoms with E-state index in [1.165, 1.54) is 19.3 Å². The number of hydrogen-bond donors (Lipinski definition) is 2. The highest BCUT2D eigenvalue weighted by Gasteiger charge is 2.26. The Hall–Kier alpha value is -1.78. The molecule has 0 radical (unpaired) electrons. The lowest BCUT2D eigenvalue weighted by Crippen LogP contribution is -2.36. The predicted octanol–water partition coefficient (Wildman–Crippen LogP) is 3.77. The van der Waals surface area contributed by atoms with Crippen LogP contribution < -0.4 is 10.6 Å². The lowest BCUT2D eigenvalue weighted by atomic mass is 9.83. The van der Waals surface area contributed by atoms with Crippen LogP contribution in [0.4, 0.5) is 17.1 Å². The van der Waals surface area contributed by atoms with Crippen molar-refractivity contribution in [2.45, 2.75) is 44.6 Å². The molecule has 1 saturated carbocycles. The summed E-state index contributed by atoms with van der Waals surface area (Å²) in [7, 11) is 1.77. The topological polar surface area (TPSA) is 67.2 Å². The van der Waals surface area contributed by atoms with Crippen LogP contribution in [0.15, 0.2) is 18.2 Å². The van der Waals surface area contributed by atoms with E-state index in [2.05, 4.69) is 17.6 Å². The number of benzene rings is 1. The number of non-ortho nitro benzene ring substituents is 1. The van der Waals surface area contributed by atoms with Crippen molar-refractivity contribution < 1.29 is 4.92 Å². The van der Waals surface area contributed by atoms with Gasteiger partial charge in [0.15, 0.2) is 0 Å². The SMILES string of the molecule is CNc1cc(NC2(C)CCCCC2)cc([N+](=O)[O-])c1. The van der Waals surface area contributed by atoms with Gasteiger partial charge in [0.05, 0.1) is 4.92 Å². The van der Waals surface area contributed by atoms with Crippen LogP contribution >= 0.6 is 0 Å². The third kappa shape index (κ3) is 3.36. The van der Waals surface area contributed by atoms with Gasteiger partial charge in [0.25, 0.3) is 5.69 Å². The van der Waals surface area contributed by atoms with Gasteiger partial charge in [0, 0.05) is 36.1 Å². The molecule has 0 saturated heterocycles. The molecule has 0 atom stereocenters. The maximum atomic E-state index is 10.9. The van der Waals surface area contributed by atoms with Crippen LogP contribution in [0.2, 0.25) is 0 Å². The first-order valence-corrected chi connectivity index (χ1v) is 6.78. The molecule has 2 rings (SSSR count). The third-order valence-corrected chi connectivity index (χ3v) is 3.82. The second-order valence-electron chi connectivity index (χ2n) is 5.52. The second-order valence-corrected chi connectivity index (χ2v) is 5.52. The largest absolute Gasteiger partial charge is 0.388 e. The molecule has 1 fully saturated rings. The molecule has 0 aliphatic heterocycles. The molecule has 0 amide bonds. The number of rotatable bonds is 4. The third-order valence-electron chi connectivity index (χ3n) is 3.82. The highest BCUT2D eigenvalue weighted by atomic mass is 16.6. The molecule has 0 bridgehead atoms. The van der Waals surface area contributed by atoms with Crippen molar-refractivity contribution in [3.63, 3.8) is 0 Å². The first kappa shape index (κ1) is 13.6. The number of anilines is 2. The van der Waals surface area contributed by atoms with E-state index in [0.717, 1.165) is 24.2 Å². The van der Waals surface area contributed by atoms with Crippen molar-refractivity contribution in [3.05, 3.63) is 28.3 Å². The van der Waals surface area contributed by atoms with Gasteiger partial charge >= 0.3 is 0 Å². The highest BCUT2D eigenvalue weighted by Crippen LogP contribution is 2.33. The minimum Gasteiger partial charge on any atom is -0.388 e. The standard InChI is InChI=1S/C14H21N3O2/c1-14(6-4-3-5-7-14)16-12-8-11(15-2)9-13(10-12)17(18)19/h8-10,15-16H,3-7H2,1-2H3. The summed E-state index contributed by atoms with van der Waals surface area (Å²) in [6.45, 7) is 2.20. The highest BCUT2D eigenvalue weighted by molar-refractivity contribution is 5.64. The van der Waals surface area contributed by atoms with Crippen molar-refractivity contribution >= 4 is 17.1 Å². The molecule has 1 aromatic carbocycles. The van der Waals surface area contributed by atoms with Gasteiger partial charge in [-0.2, -0.15) is 0 Å². The molecule has 0 aromatic heterocycles. The Morgan fingerprint density at radius 2 is 1.79 bits per heavy atom. The second kappa shape index (κ2) is 5.47. The molecular formula is C14H21N3O2. The quantitative estimate of drug-likeness (QED) is 0.641. The fourth-order valence-electron chi connectivity index (χ4n) is 2.74. The van der Waals surface area contributed by atoms with E-state index in [4.69, 9.17) is 0 Å². The lowest BCUT2D eigenvalue weighted by Gasteiger charge is -2.35. The van der Waals surface area contributed by atoms with E-state index in [1.54, 1.807) is 19.2 Å². The number of nitrogens with one attached hydrogen (secondary N) is 2. The maximum Gasteiger partial charge on any atom is 0.273 e. The van der Waals surface area contributed by atoms with Crippen LogP contribution in [0.1, 0.15) is 39.0 Å². The van der Waals surface area contributed by atoms with Crippen molar-refractivity contribution in [1.82, 2.24) is 0 Å². The van der Waals surface area contributed by atoms with Gasteiger partial charge in [0.2, 0.25) is 0 Å². The molecule has 104 valence electrons. The van der Waals surface area contributed by atoms with E-state index in [1.807, 2.05) is 6.07 Å². The number of nitrogens with zero attached hydrogens (tertiary/aromatic N) is 1. The van der Waals surface area contributed by atoms with Crippen molar-refractivity contribution in [1.29, 1.82) is 0 Å². The molecule has 5 heteroatoms. The van der Waals surface area contributed by atoms with Gasteiger partial charge in [-0.05, 0) is 25.8 Å². The van der Waals surface area contributed by atoms with Crippen LogP contribution in [0.25, 0.3) is 0 Å². The minimum atomic E-state index is -0.352. The number of nitro benzene ring substituents is 1. The molecule has 2 N–H and O–H groups in total. The Balaban J connectivity index is 2.23. The Morgan fingerprint density at radius 3 is 2.37 bits per heavy atom. The normalized spacial score (nSPS) is 17.8. The van der Waals surface area contributed by atoms with E-state index < -0.39 is 0 Å². The smallest absolute Gasteiger partial charge is 0.273 e. The zero-order chi connectivity index (χ0) is 13.9. The summed E-state index contributed by atoms with van der Waals surface area (Å²) < 4.78 is 0. The lowest BCUT2D eigenvalue weighted by molar-refractivity contribution is -0.384. The van der Waals surface area contributed by atoms with Crippen LogP contribution in [0.3, 0.4) is 0 Å². The maximum absolute atomic E-state index is 10.9. The van der Waals surface area contributed by atoms with Gasteiger partial charge in [-0.1, -0.05) is 19.3 Å². The van der Waals surface area contributed by atoms with Crippen molar-refractivity contribution in [2.24, 2.45) is 0 Å². The van der Waals surface area contributed by atoms with Crippen molar-refractivity contribution in [3.8, 4) is 0 Å². The van der Waals surface area contributed by atoms with Gasteiger partial charge in [-0.3, -0.25) is 10.1 Å². The number of nitro groups is 1. The van der Waals surface area contributed by atoms with Crippen LogP contribution in [0.5, 0.6) is 0 Å². The molecule has 19 heavy (non-hydrogen) atoms. The summed E-state index contributed by atoms with van der Waals surface area (Å²) in [6.07, 6.45) is 5.96.